The molecule has 2 aromatic carbocycles. The zero-order valence-electron chi connectivity index (χ0n) is 17.7. The van der Waals surface area contributed by atoms with Crippen LogP contribution in [-0.2, 0) is 16.1 Å². The van der Waals surface area contributed by atoms with Gasteiger partial charge in [0.15, 0.2) is 23.1 Å². The lowest BCUT2D eigenvalue weighted by Crippen LogP contribution is -2.08. The Morgan fingerprint density at radius 2 is 1.58 bits per heavy atom. The van der Waals surface area contributed by atoms with Crippen LogP contribution in [0.5, 0.6) is 17.2 Å². The summed E-state index contributed by atoms with van der Waals surface area (Å²) in [6.45, 7) is 1.07. The van der Waals surface area contributed by atoms with E-state index < -0.39 is 0 Å². The predicted octanol–water partition coefficient (Wildman–Crippen LogP) is 3.08. The molecule has 0 aliphatic heterocycles. The fourth-order valence-electron chi connectivity index (χ4n) is 4.19. The number of aromatic nitrogens is 1. The molecule has 0 saturated heterocycles. The van der Waals surface area contributed by atoms with Crippen molar-refractivity contribution >= 4 is 33.6 Å². The topological polar surface area (TPSA) is 92.8 Å². The van der Waals surface area contributed by atoms with E-state index in [1.54, 1.807) is 12.1 Å². The number of fused-ring (bicyclic) bond motifs is 1. The maximum atomic E-state index is 13.0. The second-order valence-electron chi connectivity index (χ2n) is 7.23. The van der Waals surface area contributed by atoms with Gasteiger partial charge in [0.2, 0.25) is 5.75 Å². The molecule has 0 fully saturated rings. The van der Waals surface area contributed by atoms with E-state index in [4.69, 9.17) is 19.9 Å². The molecular weight excluding hydrogens is 396 g/mol. The van der Waals surface area contributed by atoms with E-state index in [9.17, 15) is 9.59 Å². The van der Waals surface area contributed by atoms with Gasteiger partial charge in [-0.2, -0.15) is 0 Å². The van der Waals surface area contributed by atoms with Crippen LogP contribution in [0.3, 0.4) is 0 Å². The number of Topliss-reactive ketones (excluding diaryl/α,β-unsaturated/α-hetero) is 2. The van der Waals surface area contributed by atoms with E-state index >= 15 is 0 Å². The Labute approximate surface area is 180 Å². The molecule has 0 radical (unpaired) electrons. The van der Waals surface area contributed by atoms with Crippen LogP contribution in [0, 0.1) is 0 Å². The van der Waals surface area contributed by atoms with E-state index in [1.165, 1.54) is 21.3 Å². The summed E-state index contributed by atoms with van der Waals surface area (Å²) < 4.78 is 18.3. The maximum absolute atomic E-state index is 13.0. The van der Waals surface area contributed by atoms with E-state index in [1.807, 2.05) is 35.0 Å². The smallest absolute Gasteiger partial charge is 0.203 e. The Morgan fingerprint density at radius 3 is 2.19 bits per heavy atom. The first-order valence-electron chi connectivity index (χ1n) is 9.93. The second-order valence-corrected chi connectivity index (χ2v) is 7.23. The minimum Gasteiger partial charge on any atom is -0.493 e. The van der Waals surface area contributed by atoms with Gasteiger partial charge in [-0.15, -0.1) is 0 Å². The SMILES string of the molecule is COc1cc(C2=C(c3cn(CCN)c4ccccc34)C(=O)CC2=O)cc(OC)c1OC. The zero-order chi connectivity index (χ0) is 22.1. The second kappa shape index (κ2) is 8.28. The van der Waals surface area contributed by atoms with Crippen molar-refractivity contribution in [2.45, 2.75) is 13.0 Å². The number of benzene rings is 2. The number of ether oxygens (including phenoxy) is 3. The molecule has 7 nitrogen and oxygen atoms in total. The van der Waals surface area contributed by atoms with E-state index in [-0.39, 0.29) is 18.0 Å². The zero-order valence-corrected chi connectivity index (χ0v) is 17.7. The number of nitrogens with zero attached hydrogens (tertiary/aromatic N) is 1. The quantitative estimate of drug-likeness (QED) is 0.591. The minimum atomic E-state index is -0.232. The normalized spacial score (nSPS) is 13.9. The number of rotatable bonds is 7. The standard InChI is InChI=1S/C24H24N2O5/c1-29-20-10-14(11-21(30-2)24(20)31-3)22-18(27)12-19(28)23(22)16-13-26(9-8-25)17-7-5-4-6-15(16)17/h4-7,10-11,13H,8-9,12,25H2,1-3H3. The molecule has 1 aliphatic rings. The van der Waals surface area contributed by atoms with Gasteiger partial charge >= 0.3 is 0 Å². The molecular formula is C24H24N2O5. The third kappa shape index (κ3) is 3.37. The van der Waals surface area contributed by atoms with E-state index in [0.717, 1.165) is 16.5 Å². The number of para-hydroxylation sites is 1. The molecule has 0 saturated carbocycles. The lowest BCUT2D eigenvalue weighted by atomic mass is 9.95. The van der Waals surface area contributed by atoms with Crippen LogP contribution in [0.15, 0.2) is 42.6 Å². The van der Waals surface area contributed by atoms with Gasteiger partial charge in [-0.1, -0.05) is 18.2 Å². The monoisotopic (exact) mass is 420 g/mol. The summed E-state index contributed by atoms with van der Waals surface area (Å²) in [5.41, 5.74) is 8.79. The van der Waals surface area contributed by atoms with Crippen molar-refractivity contribution in [2.24, 2.45) is 5.73 Å². The molecule has 1 heterocycles. The molecule has 0 atom stereocenters. The molecule has 4 rings (SSSR count). The first-order valence-corrected chi connectivity index (χ1v) is 9.93. The number of carbonyl (C=O) groups is 2. The number of hydrogen-bond acceptors (Lipinski definition) is 6. The number of methoxy groups -OCH3 is 3. The summed E-state index contributed by atoms with van der Waals surface area (Å²) >= 11 is 0. The van der Waals surface area contributed by atoms with Gasteiger partial charge in [0.25, 0.3) is 0 Å². The number of nitrogens with two attached hydrogens (primary N) is 1. The summed E-state index contributed by atoms with van der Waals surface area (Å²) in [4.78, 5) is 26.0. The Morgan fingerprint density at radius 1 is 0.935 bits per heavy atom. The van der Waals surface area contributed by atoms with Crippen molar-refractivity contribution < 1.29 is 23.8 Å². The molecule has 3 aromatic rings. The largest absolute Gasteiger partial charge is 0.493 e. The van der Waals surface area contributed by atoms with E-state index in [2.05, 4.69) is 0 Å². The van der Waals surface area contributed by atoms with Crippen molar-refractivity contribution in [2.75, 3.05) is 27.9 Å². The van der Waals surface area contributed by atoms with Gasteiger partial charge in [0, 0.05) is 46.9 Å². The Kier molecular flexibility index (Phi) is 5.52. The van der Waals surface area contributed by atoms with E-state index in [0.29, 0.717) is 47.0 Å². The molecule has 1 aromatic heterocycles. The van der Waals surface area contributed by atoms with Gasteiger partial charge in [-0.3, -0.25) is 9.59 Å². The van der Waals surface area contributed by atoms with Crippen LogP contribution in [0.25, 0.3) is 22.0 Å². The predicted molar refractivity (Wildman–Crippen MR) is 119 cm³/mol. The van der Waals surface area contributed by atoms with Crippen molar-refractivity contribution in [3.05, 3.63) is 53.7 Å². The first-order chi connectivity index (χ1) is 15.0. The number of hydrogen-bond donors (Lipinski definition) is 1. The van der Waals surface area contributed by atoms with Crippen molar-refractivity contribution in [3.8, 4) is 17.2 Å². The fraction of sp³-hybridized carbons (Fsp3) is 0.250. The molecule has 0 bridgehead atoms. The maximum Gasteiger partial charge on any atom is 0.203 e. The molecule has 0 unspecified atom stereocenters. The third-order valence-electron chi connectivity index (χ3n) is 5.51. The molecule has 160 valence electrons. The van der Waals surface area contributed by atoms with Gasteiger partial charge in [-0.25, -0.2) is 0 Å². The average molecular weight is 420 g/mol. The number of ketones is 2. The Bertz CT molecular complexity index is 1200. The summed E-state index contributed by atoms with van der Waals surface area (Å²) in [5.74, 6) is 0.823. The van der Waals surface area contributed by atoms with Crippen molar-refractivity contribution in [1.82, 2.24) is 4.57 Å². The van der Waals surface area contributed by atoms with Crippen LogP contribution < -0.4 is 19.9 Å². The third-order valence-corrected chi connectivity index (χ3v) is 5.51. The van der Waals surface area contributed by atoms with Crippen LogP contribution in [0.2, 0.25) is 0 Å². The minimum absolute atomic E-state index is 0.169. The highest BCUT2D eigenvalue weighted by molar-refractivity contribution is 6.51. The van der Waals surface area contributed by atoms with Gasteiger partial charge in [0.1, 0.15) is 0 Å². The summed E-state index contributed by atoms with van der Waals surface area (Å²) in [7, 11) is 4.54. The Balaban J connectivity index is 2.01. The van der Waals surface area contributed by atoms with Gasteiger partial charge < -0.3 is 24.5 Å². The van der Waals surface area contributed by atoms with Gasteiger partial charge in [0.05, 0.1) is 27.8 Å². The summed E-state index contributed by atoms with van der Waals surface area (Å²) in [6.07, 6.45) is 1.74. The molecule has 0 spiro atoms. The average Bonchev–Trinajstić information content (AvgIpc) is 3.28. The highest BCUT2D eigenvalue weighted by Crippen LogP contribution is 2.44. The van der Waals surface area contributed by atoms with Crippen molar-refractivity contribution in [3.63, 3.8) is 0 Å². The van der Waals surface area contributed by atoms with Crippen LogP contribution in [0.1, 0.15) is 17.5 Å². The van der Waals surface area contributed by atoms with Crippen LogP contribution >= 0.6 is 0 Å². The molecule has 7 heteroatoms. The Hall–Kier alpha value is -3.58. The lowest BCUT2D eigenvalue weighted by molar-refractivity contribution is -0.119. The van der Waals surface area contributed by atoms with Crippen LogP contribution in [0.4, 0.5) is 0 Å². The van der Waals surface area contributed by atoms with Crippen molar-refractivity contribution in [1.29, 1.82) is 0 Å². The number of allylic oxidation sites excluding steroid dienone is 2. The molecule has 1 aliphatic carbocycles. The first kappa shape index (κ1) is 20.7. The molecule has 0 amide bonds. The molecule has 31 heavy (non-hydrogen) atoms. The lowest BCUT2D eigenvalue weighted by Gasteiger charge is -2.15. The summed E-state index contributed by atoms with van der Waals surface area (Å²) in [6, 6.07) is 11.2. The highest BCUT2D eigenvalue weighted by Gasteiger charge is 2.35. The highest BCUT2D eigenvalue weighted by atomic mass is 16.5. The fourth-order valence-corrected chi connectivity index (χ4v) is 4.19. The summed E-state index contributed by atoms with van der Waals surface area (Å²) in [5, 5.41) is 0.902. The van der Waals surface area contributed by atoms with Gasteiger partial charge in [-0.05, 0) is 23.8 Å². The number of carbonyl (C=O) groups excluding carboxylic acids is 2. The molecule has 2 N–H and O–H groups in total. The van der Waals surface area contributed by atoms with Crippen LogP contribution in [-0.4, -0.2) is 44.0 Å².